The van der Waals surface area contributed by atoms with Crippen molar-refractivity contribution in [2.24, 2.45) is 0 Å². The Morgan fingerprint density at radius 2 is 2.20 bits per heavy atom. The number of hydrogen-bond acceptors (Lipinski definition) is 5. The molecule has 0 fully saturated rings. The van der Waals surface area contributed by atoms with Crippen molar-refractivity contribution in [2.75, 3.05) is 12.4 Å². The molecule has 1 N–H and O–H groups in total. The van der Waals surface area contributed by atoms with Crippen LogP contribution in [0.2, 0.25) is 0 Å². The molecule has 0 aliphatic carbocycles. The summed E-state index contributed by atoms with van der Waals surface area (Å²) in [7, 11) is 1.81. The van der Waals surface area contributed by atoms with Crippen molar-refractivity contribution in [3.63, 3.8) is 0 Å². The molecule has 7 nitrogen and oxygen atoms in total. The first-order valence-corrected chi connectivity index (χ1v) is 6.86. The first-order valence-electron chi connectivity index (χ1n) is 6.86. The number of rotatable bonds is 3. The van der Waals surface area contributed by atoms with Crippen molar-refractivity contribution in [2.45, 2.75) is 39.3 Å². The number of hydrogen-bond donors (Lipinski definition) is 1. The van der Waals surface area contributed by atoms with Crippen molar-refractivity contribution in [1.29, 1.82) is 0 Å². The minimum atomic E-state index is -0.0594. The summed E-state index contributed by atoms with van der Waals surface area (Å²) in [6.07, 6.45) is 3.02. The van der Waals surface area contributed by atoms with Crippen LogP contribution in [-0.4, -0.2) is 31.4 Å². The highest BCUT2D eigenvalue weighted by atomic mass is 16.2. The van der Waals surface area contributed by atoms with Crippen LogP contribution in [0.1, 0.15) is 30.2 Å². The minimum Gasteiger partial charge on any atom is -0.373 e. The highest BCUT2D eigenvalue weighted by molar-refractivity contribution is 5.34. The van der Waals surface area contributed by atoms with Gasteiger partial charge in [0.2, 0.25) is 0 Å². The predicted octanol–water partition coefficient (Wildman–Crippen LogP) is 0.570. The Balaban J connectivity index is 1.93. The van der Waals surface area contributed by atoms with Gasteiger partial charge in [-0.15, -0.1) is 0 Å². The average Bonchev–Trinajstić information content (AvgIpc) is 2.75. The van der Waals surface area contributed by atoms with Gasteiger partial charge in [-0.1, -0.05) is 0 Å². The molecule has 106 valence electrons. The third-order valence-electron chi connectivity index (χ3n) is 3.48. The van der Waals surface area contributed by atoms with Crippen molar-refractivity contribution >= 4 is 5.82 Å². The Labute approximate surface area is 116 Å². The lowest BCUT2D eigenvalue weighted by Gasteiger charge is -2.09. The maximum atomic E-state index is 12.2. The summed E-state index contributed by atoms with van der Waals surface area (Å²) in [5.41, 5.74) is 0.812. The first kappa shape index (κ1) is 12.8. The zero-order valence-corrected chi connectivity index (χ0v) is 11.8. The number of anilines is 1. The van der Waals surface area contributed by atoms with E-state index < -0.39 is 0 Å². The molecule has 3 heterocycles. The summed E-state index contributed by atoms with van der Waals surface area (Å²) < 4.78 is 3.23. The molecule has 3 rings (SSSR count). The van der Waals surface area contributed by atoms with E-state index in [-0.39, 0.29) is 5.69 Å². The second-order valence-corrected chi connectivity index (χ2v) is 5.03. The van der Waals surface area contributed by atoms with Crippen molar-refractivity contribution < 1.29 is 0 Å². The largest absolute Gasteiger partial charge is 0.373 e. The molecule has 0 atom stereocenters. The van der Waals surface area contributed by atoms with E-state index in [9.17, 15) is 4.79 Å². The summed E-state index contributed by atoms with van der Waals surface area (Å²) >= 11 is 0. The molecule has 0 spiro atoms. The molecule has 0 saturated heterocycles. The van der Waals surface area contributed by atoms with Gasteiger partial charge in [0, 0.05) is 31.8 Å². The lowest BCUT2D eigenvalue weighted by Crippen LogP contribution is -2.27. The summed E-state index contributed by atoms with van der Waals surface area (Å²) in [4.78, 5) is 21.0. The standard InChI is InChI=1S/C13H18N6O/c1-9-7-10(14-2)16-11(15-9)8-19-13(20)18-6-4-3-5-12(18)17-19/h7H,3-6,8H2,1-2H3,(H,14,15,16). The minimum absolute atomic E-state index is 0.0594. The normalized spacial score (nSPS) is 14.1. The molecule has 0 radical (unpaired) electrons. The molecular weight excluding hydrogens is 256 g/mol. The zero-order chi connectivity index (χ0) is 14.1. The maximum Gasteiger partial charge on any atom is 0.346 e. The quantitative estimate of drug-likeness (QED) is 0.885. The van der Waals surface area contributed by atoms with Gasteiger partial charge in [0.1, 0.15) is 18.2 Å². The molecule has 20 heavy (non-hydrogen) atoms. The molecule has 0 amide bonds. The van der Waals surface area contributed by atoms with Crippen LogP contribution in [0.25, 0.3) is 0 Å². The van der Waals surface area contributed by atoms with Crippen LogP contribution in [0.4, 0.5) is 5.82 Å². The van der Waals surface area contributed by atoms with E-state index in [1.807, 2.05) is 20.0 Å². The smallest absolute Gasteiger partial charge is 0.346 e. The Morgan fingerprint density at radius 3 is 2.95 bits per heavy atom. The van der Waals surface area contributed by atoms with Gasteiger partial charge in [0.15, 0.2) is 5.82 Å². The molecule has 0 bridgehead atoms. The summed E-state index contributed by atoms with van der Waals surface area (Å²) in [6.45, 7) is 2.99. The Morgan fingerprint density at radius 1 is 1.35 bits per heavy atom. The Hall–Kier alpha value is -2.18. The summed E-state index contributed by atoms with van der Waals surface area (Å²) in [6, 6.07) is 1.87. The molecule has 0 saturated carbocycles. The van der Waals surface area contributed by atoms with E-state index in [4.69, 9.17) is 0 Å². The van der Waals surface area contributed by atoms with Crippen molar-refractivity contribution in [1.82, 2.24) is 24.3 Å². The van der Waals surface area contributed by atoms with Crippen LogP contribution in [-0.2, 0) is 19.5 Å². The summed E-state index contributed by atoms with van der Waals surface area (Å²) in [5.74, 6) is 2.24. The van der Waals surface area contributed by atoms with E-state index in [2.05, 4.69) is 20.4 Å². The van der Waals surface area contributed by atoms with Crippen molar-refractivity contribution in [3.8, 4) is 0 Å². The van der Waals surface area contributed by atoms with Gasteiger partial charge in [-0.05, 0) is 19.8 Å². The van der Waals surface area contributed by atoms with Crippen LogP contribution in [0, 0.1) is 6.92 Å². The fourth-order valence-corrected chi connectivity index (χ4v) is 2.51. The van der Waals surface area contributed by atoms with E-state index in [0.29, 0.717) is 12.4 Å². The SMILES string of the molecule is CNc1cc(C)nc(Cn2nc3n(c2=O)CCCC3)n1. The van der Waals surface area contributed by atoms with Gasteiger partial charge in [-0.3, -0.25) is 4.57 Å². The number of aryl methyl sites for hydroxylation is 2. The van der Waals surface area contributed by atoms with Gasteiger partial charge in [0.25, 0.3) is 0 Å². The van der Waals surface area contributed by atoms with Crippen LogP contribution in [0.5, 0.6) is 0 Å². The van der Waals surface area contributed by atoms with E-state index in [1.54, 1.807) is 4.57 Å². The molecule has 2 aromatic heterocycles. The van der Waals surface area contributed by atoms with Gasteiger partial charge >= 0.3 is 5.69 Å². The van der Waals surface area contributed by atoms with E-state index in [1.165, 1.54) is 4.68 Å². The number of fused-ring (bicyclic) bond motifs is 1. The Bertz CT molecular complexity index is 687. The van der Waals surface area contributed by atoms with Crippen molar-refractivity contribution in [3.05, 3.63) is 33.9 Å². The van der Waals surface area contributed by atoms with Gasteiger partial charge in [-0.2, -0.15) is 5.10 Å². The fraction of sp³-hybridized carbons (Fsp3) is 0.538. The number of aromatic nitrogens is 5. The van der Waals surface area contributed by atoms with E-state index in [0.717, 1.165) is 43.1 Å². The molecule has 7 heteroatoms. The first-order chi connectivity index (χ1) is 9.67. The molecule has 0 unspecified atom stereocenters. The second kappa shape index (κ2) is 5.07. The number of nitrogens with one attached hydrogen (secondary N) is 1. The van der Waals surface area contributed by atoms with Crippen LogP contribution >= 0.6 is 0 Å². The fourth-order valence-electron chi connectivity index (χ4n) is 2.51. The van der Waals surface area contributed by atoms with Crippen LogP contribution in [0.15, 0.2) is 10.9 Å². The highest BCUT2D eigenvalue weighted by Crippen LogP contribution is 2.10. The van der Waals surface area contributed by atoms with Gasteiger partial charge in [0.05, 0.1) is 0 Å². The van der Waals surface area contributed by atoms with Gasteiger partial charge in [-0.25, -0.2) is 19.4 Å². The lowest BCUT2D eigenvalue weighted by molar-refractivity contribution is 0.511. The third kappa shape index (κ3) is 2.31. The number of nitrogens with zero attached hydrogens (tertiary/aromatic N) is 5. The second-order valence-electron chi connectivity index (χ2n) is 5.03. The monoisotopic (exact) mass is 274 g/mol. The predicted molar refractivity (Wildman–Crippen MR) is 74.8 cm³/mol. The topological polar surface area (TPSA) is 77.6 Å². The average molecular weight is 274 g/mol. The molecule has 1 aliphatic rings. The maximum absolute atomic E-state index is 12.2. The molecule has 2 aromatic rings. The molecule has 1 aliphatic heterocycles. The van der Waals surface area contributed by atoms with Crippen LogP contribution < -0.4 is 11.0 Å². The zero-order valence-electron chi connectivity index (χ0n) is 11.8. The van der Waals surface area contributed by atoms with E-state index >= 15 is 0 Å². The van der Waals surface area contributed by atoms with Crippen LogP contribution in [0.3, 0.4) is 0 Å². The third-order valence-corrected chi connectivity index (χ3v) is 3.48. The molecule has 0 aromatic carbocycles. The molecular formula is C13H18N6O. The lowest BCUT2D eigenvalue weighted by atomic mass is 10.2. The summed E-state index contributed by atoms with van der Waals surface area (Å²) in [5, 5.41) is 7.39. The van der Waals surface area contributed by atoms with Gasteiger partial charge < -0.3 is 5.32 Å². The Kier molecular flexibility index (Phi) is 3.25. The highest BCUT2D eigenvalue weighted by Gasteiger charge is 2.17.